The van der Waals surface area contributed by atoms with Gasteiger partial charge in [0.1, 0.15) is 5.82 Å². The molecule has 2 rings (SSSR count). The summed E-state index contributed by atoms with van der Waals surface area (Å²) in [6.45, 7) is 4.94. The van der Waals surface area contributed by atoms with E-state index in [1.807, 2.05) is 0 Å². The van der Waals surface area contributed by atoms with Gasteiger partial charge in [-0.3, -0.25) is 14.9 Å². The summed E-state index contributed by atoms with van der Waals surface area (Å²) in [5.74, 6) is -1.28. The molecule has 0 unspecified atom stereocenters. The first-order chi connectivity index (χ1) is 9.45. The Labute approximate surface area is 115 Å². The molecule has 0 aliphatic carbocycles. The van der Waals surface area contributed by atoms with Crippen LogP contribution in [0.5, 0.6) is 0 Å². The van der Waals surface area contributed by atoms with Crippen molar-refractivity contribution in [3.8, 4) is 0 Å². The normalized spacial score (nSPS) is 10.6. The molecule has 5 nitrogen and oxygen atoms in total. The van der Waals surface area contributed by atoms with Crippen molar-refractivity contribution in [2.75, 3.05) is 12.0 Å². The fraction of sp³-hybridized carbons (Fsp3) is 0.286. The van der Waals surface area contributed by atoms with Crippen LogP contribution >= 0.6 is 0 Å². The molecule has 0 radical (unpaired) electrons. The zero-order valence-corrected chi connectivity index (χ0v) is 11.5. The van der Waals surface area contributed by atoms with Crippen LogP contribution in [0.15, 0.2) is 18.2 Å². The predicted molar refractivity (Wildman–Crippen MR) is 72.6 cm³/mol. The molecule has 0 saturated heterocycles. The number of carbonyl (C=O) groups excluding carboxylic acids is 2. The van der Waals surface area contributed by atoms with Gasteiger partial charge in [0.15, 0.2) is 0 Å². The lowest BCUT2D eigenvalue weighted by Gasteiger charge is -2.08. The van der Waals surface area contributed by atoms with Crippen LogP contribution in [0.1, 0.15) is 29.9 Å². The summed E-state index contributed by atoms with van der Waals surface area (Å²) in [6.07, 6.45) is 0. The lowest BCUT2D eigenvalue weighted by Crippen LogP contribution is -2.21. The smallest absolute Gasteiger partial charge is 0.340 e. The molecule has 0 bridgehead atoms. The second kappa shape index (κ2) is 5.32. The first-order valence-corrected chi connectivity index (χ1v) is 6.21. The van der Waals surface area contributed by atoms with E-state index in [0.717, 1.165) is 0 Å². The standard InChI is InChI=1S/C14H15FN2O3/c1-4-20-14(19)13-8(2)17(16-9(3)18)12-6-5-10(15)7-11(12)13/h5-7H,4H2,1-3H3,(H,16,18). The second-order valence-corrected chi connectivity index (χ2v) is 4.35. The van der Waals surface area contributed by atoms with E-state index in [9.17, 15) is 14.0 Å². The Bertz CT molecular complexity index is 691. The average molecular weight is 278 g/mol. The fourth-order valence-corrected chi connectivity index (χ4v) is 2.15. The third-order valence-electron chi connectivity index (χ3n) is 2.91. The van der Waals surface area contributed by atoms with Gasteiger partial charge in [0, 0.05) is 12.3 Å². The summed E-state index contributed by atoms with van der Waals surface area (Å²) < 4.78 is 19.9. The fourth-order valence-electron chi connectivity index (χ4n) is 2.15. The minimum absolute atomic E-state index is 0.223. The molecule has 1 aromatic carbocycles. The van der Waals surface area contributed by atoms with Crippen molar-refractivity contribution in [1.82, 2.24) is 4.68 Å². The predicted octanol–water partition coefficient (Wildman–Crippen LogP) is 2.36. The van der Waals surface area contributed by atoms with Gasteiger partial charge in [-0.05, 0) is 32.0 Å². The van der Waals surface area contributed by atoms with E-state index in [1.165, 1.54) is 29.8 Å². The highest BCUT2D eigenvalue weighted by molar-refractivity contribution is 6.06. The van der Waals surface area contributed by atoms with Crippen LogP contribution in [0, 0.1) is 12.7 Å². The molecule has 1 heterocycles. The van der Waals surface area contributed by atoms with Crippen LogP contribution in [0.4, 0.5) is 4.39 Å². The number of carbonyl (C=O) groups is 2. The van der Waals surface area contributed by atoms with Crippen LogP contribution < -0.4 is 5.43 Å². The van der Waals surface area contributed by atoms with E-state index in [4.69, 9.17) is 4.74 Å². The third-order valence-corrected chi connectivity index (χ3v) is 2.91. The first kappa shape index (κ1) is 14.0. The van der Waals surface area contributed by atoms with Crippen LogP contribution in [0.3, 0.4) is 0 Å². The number of esters is 1. The molecule has 0 saturated carbocycles. The van der Waals surface area contributed by atoms with E-state index >= 15 is 0 Å². The van der Waals surface area contributed by atoms with E-state index in [2.05, 4.69) is 5.43 Å². The van der Waals surface area contributed by atoms with Gasteiger partial charge in [-0.15, -0.1) is 0 Å². The summed E-state index contributed by atoms with van der Waals surface area (Å²) in [4.78, 5) is 23.3. The molecular weight excluding hydrogens is 263 g/mol. The minimum atomic E-state index is -0.537. The Morgan fingerprint density at radius 3 is 2.70 bits per heavy atom. The number of ether oxygens (including phenoxy) is 1. The molecule has 0 atom stereocenters. The minimum Gasteiger partial charge on any atom is -0.462 e. The Kier molecular flexibility index (Phi) is 3.74. The number of nitrogens with zero attached hydrogens (tertiary/aromatic N) is 1. The highest BCUT2D eigenvalue weighted by Gasteiger charge is 2.21. The summed E-state index contributed by atoms with van der Waals surface area (Å²) in [5.41, 5.74) is 3.90. The summed E-state index contributed by atoms with van der Waals surface area (Å²) in [5, 5.41) is 0.412. The number of aromatic nitrogens is 1. The molecule has 2 aromatic rings. The van der Waals surface area contributed by atoms with Crippen molar-refractivity contribution < 1.29 is 18.7 Å². The van der Waals surface area contributed by atoms with E-state index in [0.29, 0.717) is 16.6 Å². The molecule has 0 spiro atoms. The van der Waals surface area contributed by atoms with Gasteiger partial charge in [-0.1, -0.05) is 0 Å². The molecule has 0 aliphatic heterocycles. The van der Waals surface area contributed by atoms with Crippen molar-refractivity contribution in [1.29, 1.82) is 0 Å². The number of amides is 1. The van der Waals surface area contributed by atoms with Gasteiger partial charge >= 0.3 is 5.97 Å². The Hall–Kier alpha value is -2.37. The van der Waals surface area contributed by atoms with Crippen molar-refractivity contribution in [2.24, 2.45) is 0 Å². The summed E-state index contributed by atoms with van der Waals surface area (Å²) in [6, 6.07) is 4.04. The van der Waals surface area contributed by atoms with Gasteiger partial charge in [-0.25, -0.2) is 9.18 Å². The van der Waals surface area contributed by atoms with Crippen molar-refractivity contribution in [3.63, 3.8) is 0 Å². The average Bonchev–Trinajstić information content (AvgIpc) is 2.61. The maximum atomic E-state index is 13.4. The Morgan fingerprint density at radius 2 is 2.10 bits per heavy atom. The first-order valence-electron chi connectivity index (χ1n) is 6.21. The van der Waals surface area contributed by atoms with Gasteiger partial charge in [-0.2, -0.15) is 0 Å². The summed E-state index contributed by atoms with van der Waals surface area (Å²) >= 11 is 0. The van der Waals surface area contributed by atoms with Gasteiger partial charge in [0.2, 0.25) is 5.91 Å². The largest absolute Gasteiger partial charge is 0.462 e. The Balaban J connectivity index is 2.72. The van der Waals surface area contributed by atoms with Gasteiger partial charge in [0.25, 0.3) is 0 Å². The van der Waals surface area contributed by atoms with Crippen LogP contribution in [0.2, 0.25) is 0 Å². The number of benzene rings is 1. The van der Waals surface area contributed by atoms with E-state index < -0.39 is 11.8 Å². The lowest BCUT2D eigenvalue weighted by molar-refractivity contribution is -0.115. The molecule has 1 aromatic heterocycles. The quantitative estimate of drug-likeness (QED) is 0.877. The molecule has 1 N–H and O–H groups in total. The maximum absolute atomic E-state index is 13.4. The second-order valence-electron chi connectivity index (χ2n) is 4.35. The van der Waals surface area contributed by atoms with Crippen LogP contribution in [-0.4, -0.2) is 23.2 Å². The SMILES string of the molecule is CCOC(=O)c1c(C)n(NC(C)=O)c2ccc(F)cc12. The Morgan fingerprint density at radius 1 is 1.40 bits per heavy atom. The lowest BCUT2D eigenvalue weighted by atomic mass is 10.1. The van der Waals surface area contributed by atoms with Crippen LogP contribution in [0.25, 0.3) is 10.9 Å². The van der Waals surface area contributed by atoms with Gasteiger partial charge < -0.3 is 4.74 Å². The molecule has 106 valence electrons. The number of halogens is 1. The molecule has 1 amide bonds. The van der Waals surface area contributed by atoms with Crippen LogP contribution in [-0.2, 0) is 9.53 Å². The van der Waals surface area contributed by atoms with E-state index in [1.54, 1.807) is 13.8 Å². The maximum Gasteiger partial charge on any atom is 0.340 e. The number of rotatable bonds is 3. The zero-order chi connectivity index (χ0) is 14.9. The van der Waals surface area contributed by atoms with Crippen molar-refractivity contribution in [3.05, 3.63) is 35.3 Å². The number of hydrogen-bond acceptors (Lipinski definition) is 3. The third kappa shape index (κ3) is 2.36. The van der Waals surface area contributed by atoms with Gasteiger partial charge in [0.05, 0.1) is 23.4 Å². The molecule has 20 heavy (non-hydrogen) atoms. The molecular formula is C14H15FN2O3. The monoisotopic (exact) mass is 278 g/mol. The number of nitrogens with one attached hydrogen (secondary N) is 1. The topological polar surface area (TPSA) is 60.3 Å². The number of fused-ring (bicyclic) bond motifs is 1. The highest BCUT2D eigenvalue weighted by atomic mass is 19.1. The summed E-state index contributed by atoms with van der Waals surface area (Å²) in [7, 11) is 0. The molecule has 0 fully saturated rings. The van der Waals surface area contributed by atoms with Crippen molar-refractivity contribution >= 4 is 22.8 Å². The number of hydrogen-bond donors (Lipinski definition) is 1. The highest BCUT2D eigenvalue weighted by Crippen LogP contribution is 2.26. The zero-order valence-electron chi connectivity index (χ0n) is 11.5. The van der Waals surface area contributed by atoms with E-state index in [-0.39, 0.29) is 18.1 Å². The molecule has 6 heteroatoms. The van der Waals surface area contributed by atoms with Crippen molar-refractivity contribution in [2.45, 2.75) is 20.8 Å². The molecule has 0 aliphatic rings.